The summed E-state index contributed by atoms with van der Waals surface area (Å²) >= 11 is 0. The highest BCUT2D eigenvalue weighted by Crippen LogP contribution is 2.27. The standard InChI is InChI=1S/C11H22N2O2.ClH/c1-9(5-8-15-2)13-10(14)11(12)6-3-4-7-11;/h9H,3-8,12H2,1-2H3,(H,13,14);1H. The molecular weight excluding hydrogens is 228 g/mol. The van der Waals surface area contributed by atoms with Gasteiger partial charge in [-0.15, -0.1) is 12.4 Å². The van der Waals surface area contributed by atoms with Crippen LogP contribution in [0, 0.1) is 0 Å². The van der Waals surface area contributed by atoms with Crippen LogP contribution in [-0.2, 0) is 9.53 Å². The van der Waals surface area contributed by atoms with Gasteiger partial charge < -0.3 is 15.8 Å². The van der Waals surface area contributed by atoms with Gasteiger partial charge in [0.1, 0.15) is 0 Å². The second-order valence-corrected chi connectivity index (χ2v) is 4.52. The fraction of sp³-hybridized carbons (Fsp3) is 0.909. The lowest BCUT2D eigenvalue weighted by atomic mass is 9.97. The molecule has 1 rings (SSSR count). The lowest BCUT2D eigenvalue weighted by Gasteiger charge is -2.25. The average molecular weight is 251 g/mol. The number of amides is 1. The molecule has 0 aromatic rings. The van der Waals surface area contributed by atoms with Gasteiger partial charge in [-0.2, -0.15) is 0 Å². The summed E-state index contributed by atoms with van der Waals surface area (Å²) in [5, 5.41) is 2.95. The molecule has 0 aromatic carbocycles. The van der Waals surface area contributed by atoms with E-state index in [2.05, 4.69) is 5.32 Å². The monoisotopic (exact) mass is 250 g/mol. The zero-order valence-corrected chi connectivity index (χ0v) is 10.9. The third-order valence-electron chi connectivity index (χ3n) is 3.08. The largest absolute Gasteiger partial charge is 0.385 e. The summed E-state index contributed by atoms with van der Waals surface area (Å²) in [6.07, 6.45) is 4.59. The van der Waals surface area contributed by atoms with Crippen molar-refractivity contribution in [3.63, 3.8) is 0 Å². The van der Waals surface area contributed by atoms with E-state index in [1.807, 2.05) is 6.92 Å². The van der Waals surface area contributed by atoms with Crippen LogP contribution in [0.3, 0.4) is 0 Å². The highest BCUT2D eigenvalue weighted by Gasteiger charge is 2.37. The zero-order chi connectivity index (χ0) is 11.3. The maximum atomic E-state index is 11.9. The quantitative estimate of drug-likeness (QED) is 0.771. The van der Waals surface area contributed by atoms with Gasteiger partial charge in [-0.25, -0.2) is 0 Å². The van der Waals surface area contributed by atoms with Gasteiger partial charge in [0.05, 0.1) is 5.54 Å². The highest BCUT2D eigenvalue weighted by molar-refractivity contribution is 5.86. The van der Waals surface area contributed by atoms with Gasteiger partial charge in [0, 0.05) is 19.8 Å². The predicted octanol–water partition coefficient (Wildman–Crippen LogP) is 1.22. The molecule has 1 amide bonds. The molecule has 1 fully saturated rings. The van der Waals surface area contributed by atoms with Crippen molar-refractivity contribution in [2.75, 3.05) is 13.7 Å². The minimum absolute atomic E-state index is 0. The molecule has 1 atom stereocenters. The first-order valence-electron chi connectivity index (χ1n) is 5.67. The topological polar surface area (TPSA) is 64.3 Å². The maximum Gasteiger partial charge on any atom is 0.240 e. The Balaban J connectivity index is 0.00000225. The van der Waals surface area contributed by atoms with Crippen molar-refractivity contribution >= 4 is 18.3 Å². The van der Waals surface area contributed by atoms with Crippen LogP contribution in [0.25, 0.3) is 0 Å². The van der Waals surface area contributed by atoms with Gasteiger partial charge in [0.2, 0.25) is 5.91 Å². The number of hydrogen-bond acceptors (Lipinski definition) is 3. The molecule has 16 heavy (non-hydrogen) atoms. The molecule has 1 aliphatic carbocycles. The molecule has 3 N–H and O–H groups in total. The van der Waals surface area contributed by atoms with E-state index in [0.29, 0.717) is 6.61 Å². The number of halogens is 1. The number of carbonyl (C=O) groups excluding carboxylic acids is 1. The Kier molecular flexibility index (Phi) is 6.95. The number of carbonyl (C=O) groups is 1. The molecule has 1 saturated carbocycles. The van der Waals surface area contributed by atoms with Crippen LogP contribution < -0.4 is 11.1 Å². The summed E-state index contributed by atoms with van der Waals surface area (Å²) in [7, 11) is 1.66. The fourth-order valence-electron chi connectivity index (χ4n) is 1.97. The Bertz CT molecular complexity index is 218. The van der Waals surface area contributed by atoms with Crippen molar-refractivity contribution < 1.29 is 9.53 Å². The Hall–Kier alpha value is -0.320. The molecule has 5 heteroatoms. The van der Waals surface area contributed by atoms with Crippen LogP contribution in [0.2, 0.25) is 0 Å². The van der Waals surface area contributed by atoms with Gasteiger partial charge in [0.15, 0.2) is 0 Å². The molecule has 1 aliphatic rings. The van der Waals surface area contributed by atoms with Crippen LogP contribution in [-0.4, -0.2) is 31.2 Å². The lowest BCUT2D eigenvalue weighted by Crippen LogP contribution is -2.54. The van der Waals surface area contributed by atoms with Crippen LogP contribution in [0.15, 0.2) is 0 Å². The van der Waals surface area contributed by atoms with E-state index in [-0.39, 0.29) is 24.4 Å². The van der Waals surface area contributed by atoms with Gasteiger partial charge in [-0.05, 0) is 26.2 Å². The number of nitrogens with one attached hydrogen (secondary N) is 1. The number of nitrogens with two attached hydrogens (primary N) is 1. The van der Waals surface area contributed by atoms with E-state index >= 15 is 0 Å². The van der Waals surface area contributed by atoms with E-state index in [0.717, 1.165) is 32.1 Å². The molecular formula is C11H23ClN2O2. The van der Waals surface area contributed by atoms with Crippen LogP contribution >= 0.6 is 12.4 Å². The lowest BCUT2D eigenvalue weighted by molar-refractivity contribution is -0.126. The summed E-state index contributed by atoms with van der Waals surface area (Å²) in [4.78, 5) is 11.9. The molecule has 0 aromatic heterocycles. The number of rotatable bonds is 5. The zero-order valence-electron chi connectivity index (χ0n) is 10.1. The molecule has 0 radical (unpaired) electrons. The number of methoxy groups -OCH3 is 1. The first-order valence-corrected chi connectivity index (χ1v) is 5.67. The van der Waals surface area contributed by atoms with Crippen LogP contribution in [0.1, 0.15) is 39.0 Å². The summed E-state index contributed by atoms with van der Waals surface area (Å²) in [6, 6.07) is 0.137. The second kappa shape index (κ2) is 7.09. The molecule has 0 heterocycles. The highest BCUT2D eigenvalue weighted by atomic mass is 35.5. The third-order valence-corrected chi connectivity index (χ3v) is 3.08. The Labute approximate surface area is 104 Å². The third kappa shape index (κ3) is 4.28. The summed E-state index contributed by atoms with van der Waals surface area (Å²) in [5.41, 5.74) is 5.43. The molecule has 0 saturated heterocycles. The Morgan fingerprint density at radius 2 is 2.06 bits per heavy atom. The summed E-state index contributed by atoms with van der Waals surface area (Å²) in [5.74, 6) is 0.00334. The molecule has 96 valence electrons. The van der Waals surface area contributed by atoms with Gasteiger partial charge in [-0.3, -0.25) is 4.79 Å². The fourth-order valence-corrected chi connectivity index (χ4v) is 1.97. The molecule has 1 unspecified atom stereocenters. The van der Waals surface area contributed by atoms with Crippen LogP contribution in [0.5, 0.6) is 0 Å². The summed E-state index contributed by atoms with van der Waals surface area (Å²) < 4.78 is 4.96. The van der Waals surface area contributed by atoms with Crippen molar-refractivity contribution in [3.05, 3.63) is 0 Å². The van der Waals surface area contributed by atoms with E-state index in [4.69, 9.17) is 10.5 Å². The van der Waals surface area contributed by atoms with E-state index in [1.54, 1.807) is 7.11 Å². The predicted molar refractivity (Wildman–Crippen MR) is 66.7 cm³/mol. The van der Waals surface area contributed by atoms with Gasteiger partial charge in [-0.1, -0.05) is 12.8 Å². The van der Waals surface area contributed by atoms with Crippen molar-refractivity contribution in [2.24, 2.45) is 5.73 Å². The van der Waals surface area contributed by atoms with Crippen molar-refractivity contribution in [1.29, 1.82) is 0 Å². The molecule has 4 nitrogen and oxygen atoms in total. The summed E-state index contributed by atoms with van der Waals surface area (Å²) in [6.45, 7) is 2.65. The molecule has 0 spiro atoms. The average Bonchev–Trinajstić information content (AvgIpc) is 2.63. The van der Waals surface area contributed by atoms with E-state index < -0.39 is 5.54 Å². The SMILES string of the molecule is COCCC(C)NC(=O)C1(N)CCCC1.Cl. The second-order valence-electron chi connectivity index (χ2n) is 4.52. The number of hydrogen-bond donors (Lipinski definition) is 2. The Morgan fingerprint density at radius 1 is 1.50 bits per heavy atom. The van der Waals surface area contributed by atoms with Gasteiger partial charge in [0.25, 0.3) is 0 Å². The smallest absolute Gasteiger partial charge is 0.240 e. The Morgan fingerprint density at radius 3 is 2.56 bits per heavy atom. The van der Waals surface area contributed by atoms with E-state index in [1.165, 1.54) is 0 Å². The minimum atomic E-state index is -0.610. The van der Waals surface area contributed by atoms with Crippen LogP contribution in [0.4, 0.5) is 0 Å². The number of ether oxygens (including phenoxy) is 1. The molecule has 0 aliphatic heterocycles. The molecule has 0 bridgehead atoms. The van der Waals surface area contributed by atoms with Crippen molar-refractivity contribution in [1.82, 2.24) is 5.32 Å². The van der Waals surface area contributed by atoms with Gasteiger partial charge >= 0.3 is 0 Å². The first-order chi connectivity index (χ1) is 7.08. The maximum absolute atomic E-state index is 11.9. The van der Waals surface area contributed by atoms with E-state index in [9.17, 15) is 4.79 Å². The first kappa shape index (κ1) is 15.7. The van der Waals surface area contributed by atoms with Crippen molar-refractivity contribution in [3.8, 4) is 0 Å². The normalized spacial score (nSPS) is 19.9. The van der Waals surface area contributed by atoms with Crippen molar-refractivity contribution in [2.45, 2.75) is 50.6 Å². The minimum Gasteiger partial charge on any atom is -0.385 e.